The number of hydrogen-bond donors (Lipinski definition) is 1. The zero-order valence-electron chi connectivity index (χ0n) is 5.54. The van der Waals surface area contributed by atoms with Crippen LogP contribution in [0.25, 0.3) is 10.4 Å². The van der Waals surface area contributed by atoms with Crippen molar-refractivity contribution in [1.29, 1.82) is 0 Å². The fourth-order valence-electron chi connectivity index (χ4n) is 0.808. The summed E-state index contributed by atoms with van der Waals surface area (Å²) in [5, 5.41) is 4.30. The Morgan fingerprint density at radius 3 is 2.50 bits per heavy atom. The quantitative estimate of drug-likeness (QED) is 0.274. The van der Waals surface area contributed by atoms with Crippen molar-refractivity contribution >= 4 is 5.91 Å². The summed E-state index contributed by atoms with van der Waals surface area (Å²) >= 11 is 0. The minimum Gasteiger partial charge on any atom is -0.343 e. The number of amides is 1. The maximum absolute atomic E-state index is 11.8. The normalized spacial score (nSPS) is 28.4. The van der Waals surface area contributed by atoms with E-state index >= 15 is 0 Å². The Bertz CT molecular complexity index is 254. The van der Waals surface area contributed by atoms with Gasteiger partial charge in [0.05, 0.1) is 0 Å². The molecule has 1 aliphatic rings. The first kappa shape index (κ1) is 8.66. The van der Waals surface area contributed by atoms with E-state index < -0.39 is 24.2 Å². The fraction of sp³-hybridized carbons (Fsp3) is 0.750. The zero-order chi connectivity index (χ0) is 9.35. The van der Waals surface area contributed by atoms with Crippen molar-refractivity contribution in [1.82, 2.24) is 5.32 Å². The van der Waals surface area contributed by atoms with Crippen LogP contribution in [0.1, 0.15) is 0 Å². The van der Waals surface area contributed by atoms with Gasteiger partial charge in [0.15, 0.2) is 0 Å². The molecule has 0 aromatic heterocycles. The molecule has 0 radical (unpaired) electrons. The Balaban J connectivity index is 2.73. The highest BCUT2D eigenvalue weighted by atomic mass is 19.4. The minimum atomic E-state index is -4.55. The van der Waals surface area contributed by atoms with Gasteiger partial charge in [-0.15, -0.1) is 0 Å². The van der Waals surface area contributed by atoms with Crippen LogP contribution in [0.3, 0.4) is 0 Å². The van der Waals surface area contributed by atoms with Gasteiger partial charge < -0.3 is 5.32 Å². The summed E-state index contributed by atoms with van der Waals surface area (Å²) in [7, 11) is 0. The van der Waals surface area contributed by atoms with Crippen LogP contribution in [0, 0.1) is 0 Å². The van der Waals surface area contributed by atoms with E-state index in [9.17, 15) is 18.0 Å². The van der Waals surface area contributed by atoms with Gasteiger partial charge >= 0.3 is 6.18 Å². The van der Waals surface area contributed by atoms with Crippen molar-refractivity contribution in [3.05, 3.63) is 10.4 Å². The fourth-order valence-corrected chi connectivity index (χ4v) is 0.808. The topological polar surface area (TPSA) is 77.9 Å². The molecule has 0 bridgehead atoms. The second kappa shape index (κ2) is 2.56. The number of β-lactam (4-membered cyclic amide) rings is 1. The van der Waals surface area contributed by atoms with Crippen LogP contribution < -0.4 is 5.32 Å². The van der Waals surface area contributed by atoms with Crippen molar-refractivity contribution < 1.29 is 18.0 Å². The monoisotopic (exact) mass is 180 g/mol. The molecule has 2 atom stereocenters. The highest BCUT2D eigenvalue weighted by molar-refractivity contribution is 5.89. The van der Waals surface area contributed by atoms with E-state index in [2.05, 4.69) is 10.0 Å². The molecule has 66 valence electrons. The third kappa shape index (κ3) is 1.28. The molecule has 5 nitrogen and oxygen atoms in total. The van der Waals surface area contributed by atoms with Gasteiger partial charge in [-0.2, -0.15) is 13.2 Å². The van der Waals surface area contributed by atoms with Gasteiger partial charge in [-0.1, -0.05) is 5.11 Å². The van der Waals surface area contributed by atoms with Crippen molar-refractivity contribution in [2.45, 2.75) is 18.3 Å². The van der Waals surface area contributed by atoms with E-state index in [-0.39, 0.29) is 0 Å². The number of hydrogen-bond acceptors (Lipinski definition) is 2. The summed E-state index contributed by atoms with van der Waals surface area (Å²) in [6.45, 7) is 0. The van der Waals surface area contributed by atoms with E-state index in [0.29, 0.717) is 0 Å². The summed E-state index contributed by atoms with van der Waals surface area (Å²) < 4.78 is 35.5. The first-order chi connectivity index (χ1) is 5.46. The van der Waals surface area contributed by atoms with Gasteiger partial charge in [0.25, 0.3) is 0 Å². The standard InChI is InChI=1S/C4H3F3N4O/c5-4(6,7)2-1(10-11-8)3(12)9-2/h1-2H,(H,9,12)/t1-,2+/m1/s1. The predicted octanol–water partition coefficient (Wildman–Crippen LogP) is 0.726. The zero-order valence-corrected chi connectivity index (χ0v) is 5.54. The van der Waals surface area contributed by atoms with Crippen LogP contribution in [0.5, 0.6) is 0 Å². The third-order valence-electron chi connectivity index (χ3n) is 1.41. The summed E-state index contributed by atoms with van der Waals surface area (Å²) in [6, 6.07) is -3.67. The van der Waals surface area contributed by atoms with Gasteiger partial charge in [-0.25, -0.2) is 0 Å². The largest absolute Gasteiger partial charge is 0.409 e. The molecule has 1 amide bonds. The maximum atomic E-state index is 11.8. The molecule has 8 heteroatoms. The van der Waals surface area contributed by atoms with Crippen LogP contribution in [-0.2, 0) is 4.79 Å². The number of rotatable bonds is 1. The highest BCUT2D eigenvalue weighted by Crippen LogP contribution is 2.29. The van der Waals surface area contributed by atoms with E-state index in [4.69, 9.17) is 5.53 Å². The van der Waals surface area contributed by atoms with Crippen LogP contribution >= 0.6 is 0 Å². The van der Waals surface area contributed by atoms with E-state index in [1.54, 1.807) is 5.32 Å². The summed E-state index contributed by atoms with van der Waals surface area (Å²) in [4.78, 5) is 12.5. The molecule has 0 aliphatic carbocycles. The van der Waals surface area contributed by atoms with Crippen molar-refractivity contribution in [3.8, 4) is 0 Å². The third-order valence-corrected chi connectivity index (χ3v) is 1.41. The van der Waals surface area contributed by atoms with Gasteiger partial charge in [-0.3, -0.25) is 4.79 Å². The first-order valence-corrected chi connectivity index (χ1v) is 2.88. The number of nitrogens with one attached hydrogen (secondary N) is 1. The lowest BCUT2D eigenvalue weighted by Crippen LogP contribution is -2.67. The molecule has 0 aromatic rings. The molecule has 0 aromatic carbocycles. The Kier molecular flexibility index (Phi) is 1.85. The van der Waals surface area contributed by atoms with E-state index in [0.717, 1.165) is 0 Å². The van der Waals surface area contributed by atoms with Gasteiger partial charge in [0.1, 0.15) is 12.1 Å². The Morgan fingerprint density at radius 2 is 2.17 bits per heavy atom. The predicted molar refractivity (Wildman–Crippen MR) is 30.9 cm³/mol. The summed E-state index contributed by atoms with van der Waals surface area (Å²) in [5.41, 5.74) is 7.81. The molecule has 0 saturated carbocycles. The Hall–Kier alpha value is -1.43. The van der Waals surface area contributed by atoms with Crippen LogP contribution in [-0.4, -0.2) is 24.2 Å². The summed E-state index contributed by atoms with van der Waals surface area (Å²) in [6.07, 6.45) is -4.55. The number of azide groups is 1. The van der Waals surface area contributed by atoms with Crippen LogP contribution in [0.4, 0.5) is 13.2 Å². The van der Waals surface area contributed by atoms with Crippen molar-refractivity contribution in [3.63, 3.8) is 0 Å². The van der Waals surface area contributed by atoms with Crippen molar-refractivity contribution in [2.75, 3.05) is 0 Å². The molecular formula is C4H3F3N4O. The molecule has 1 heterocycles. The molecule has 1 aliphatic heterocycles. The smallest absolute Gasteiger partial charge is 0.343 e. The van der Waals surface area contributed by atoms with Gasteiger partial charge in [-0.05, 0) is 5.53 Å². The second-order valence-electron chi connectivity index (χ2n) is 2.18. The molecule has 12 heavy (non-hydrogen) atoms. The number of carbonyl (C=O) groups excluding carboxylic acids is 1. The summed E-state index contributed by atoms with van der Waals surface area (Å²) in [5.74, 6) is -0.893. The van der Waals surface area contributed by atoms with E-state index in [1.807, 2.05) is 0 Å². The average Bonchev–Trinajstić information content (AvgIpc) is 1.93. The average molecular weight is 180 g/mol. The second-order valence-corrected chi connectivity index (χ2v) is 2.18. The molecule has 0 unspecified atom stereocenters. The maximum Gasteiger partial charge on any atom is 0.409 e. The number of carbonyl (C=O) groups is 1. The number of alkyl halides is 3. The molecular weight excluding hydrogens is 177 g/mol. The van der Waals surface area contributed by atoms with Gasteiger partial charge in [0.2, 0.25) is 5.91 Å². The first-order valence-electron chi connectivity index (χ1n) is 2.88. The lowest BCUT2D eigenvalue weighted by molar-refractivity contribution is -0.184. The highest BCUT2D eigenvalue weighted by Gasteiger charge is 2.54. The van der Waals surface area contributed by atoms with Crippen LogP contribution in [0.2, 0.25) is 0 Å². The Morgan fingerprint density at radius 1 is 1.58 bits per heavy atom. The molecule has 1 N–H and O–H groups in total. The van der Waals surface area contributed by atoms with Crippen LogP contribution in [0.15, 0.2) is 5.11 Å². The Labute approximate surface area is 64.2 Å². The van der Waals surface area contributed by atoms with Crippen molar-refractivity contribution in [2.24, 2.45) is 5.11 Å². The number of halogens is 3. The molecule has 1 fully saturated rings. The molecule has 1 saturated heterocycles. The van der Waals surface area contributed by atoms with E-state index in [1.165, 1.54) is 0 Å². The molecule has 1 rings (SSSR count). The number of nitrogens with zero attached hydrogens (tertiary/aromatic N) is 3. The molecule has 0 spiro atoms. The van der Waals surface area contributed by atoms with Gasteiger partial charge in [0, 0.05) is 4.91 Å². The minimum absolute atomic E-state index is 0.893. The lowest BCUT2D eigenvalue weighted by Gasteiger charge is -2.34. The SMILES string of the molecule is [N-]=[N+]=N[C@H]1C(=O)N[C@@H]1C(F)(F)F. The lowest BCUT2D eigenvalue weighted by atomic mass is 10.00.